The maximum Gasteiger partial charge on any atom is 0.127 e. The van der Waals surface area contributed by atoms with E-state index in [2.05, 4.69) is 4.90 Å². The number of aliphatic hydroxyl groups is 1. The first kappa shape index (κ1) is 11.4. The zero-order valence-electron chi connectivity index (χ0n) is 9.27. The number of aliphatic hydroxyl groups excluding tert-OH is 1. The average Bonchev–Trinajstić information content (AvgIpc) is 2.25. The van der Waals surface area contributed by atoms with Gasteiger partial charge in [0.05, 0.1) is 0 Å². The Balaban J connectivity index is 1.96. The first-order valence-electron chi connectivity index (χ1n) is 5.44. The summed E-state index contributed by atoms with van der Waals surface area (Å²) >= 11 is 0. The van der Waals surface area contributed by atoms with Gasteiger partial charge in [-0.1, -0.05) is 0 Å². The van der Waals surface area contributed by atoms with Gasteiger partial charge in [0.1, 0.15) is 23.8 Å². The maximum absolute atomic E-state index is 12.7. The van der Waals surface area contributed by atoms with Gasteiger partial charge in [0.2, 0.25) is 0 Å². The van der Waals surface area contributed by atoms with Gasteiger partial charge in [-0.25, -0.2) is 4.39 Å². The van der Waals surface area contributed by atoms with E-state index in [-0.39, 0.29) is 11.9 Å². The van der Waals surface area contributed by atoms with Crippen molar-refractivity contribution in [1.29, 1.82) is 0 Å². The number of halogens is 1. The molecule has 0 bridgehead atoms. The van der Waals surface area contributed by atoms with Gasteiger partial charge in [0, 0.05) is 13.1 Å². The summed E-state index contributed by atoms with van der Waals surface area (Å²) in [6.45, 7) is 1.52. The smallest absolute Gasteiger partial charge is 0.127 e. The molecule has 0 aliphatic carbocycles. The van der Waals surface area contributed by atoms with Crippen molar-refractivity contribution in [2.24, 2.45) is 0 Å². The maximum atomic E-state index is 12.7. The summed E-state index contributed by atoms with van der Waals surface area (Å²) in [6.07, 6.45) is 0.111. The predicted octanol–water partition coefficient (Wildman–Crippen LogP) is 1.27. The van der Waals surface area contributed by atoms with Crippen LogP contribution in [-0.2, 0) is 0 Å². The monoisotopic (exact) mass is 225 g/mol. The van der Waals surface area contributed by atoms with E-state index >= 15 is 0 Å². The van der Waals surface area contributed by atoms with E-state index in [9.17, 15) is 9.50 Å². The number of hydrogen-bond acceptors (Lipinski definition) is 3. The molecule has 16 heavy (non-hydrogen) atoms. The van der Waals surface area contributed by atoms with Crippen LogP contribution in [0.5, 0.6) is 5.75 Å². The summed E-state index contributed by atoms with van der Waals surface area (Å²) in [7, 11) is 1.97. The molecule has 1 heterocycles. The largest absolute Gasteiger partial charge is 0.488 e. The topological polar surface area (TPSA) is 32.7 Å². The van der Waals surface area contributed by atoms with Crippen molar-refractivity contribution in [3.05, 3.63) is 30.1 Å². The van der Waals surface area contributed by atoms with Crippen molar-refractivity contribution in [1.82, 2.24) is 4.90 Å². The number of rotatable bonds is 2. The first-order valence-corrected chi connectivity index (χ1v) is 5.44. The molecule has 3 nitrogen and oxygen atoms in total. The fourth-order valence-electron chi connectivity index (χ4n) is 1.89. The molecule has 1 aliphatic heterocycles. The van der Waals surface area contributed by atoms with Gasteiger partial charge in [-0.3, -0.25) is 0 Å². The molecule has 0 unspecified atom stereocenters. The van der Waals surface area contributed by atoms with Crippen molar-refractivity contribution < 1.29 is 14.2 Å². The van der Waals surface area contributed by atoms with Crippen LogP contribution in [0, 0.1) is 5.82 Å². The molecule has 0 aromatic heterocycles. The Morgan fingerprint density at radius 3 is 2.69 bits per heavy atom. The lowest BCUT2D eigenvalue weighted by molar-refractivity contribution is -0.0182. The normalized spacial score (nSPS) is 26.7. The van der Waals surface area contributed by atoms with Crippen LogP contribution < -0.4 is 4.74 Å². The first-order chi connectivity index (χ1) is 7.65. The van der Waals surface area contributed by atoms with Crippen molar-refractivity contribution in [3.8, 4) is 5.75 Å². The summed E-state index contributed by atoms with van der Waals surface area (Å²) in [5.41, 5.74) is 0. The molecular formula is C12H16FNO2. The molecule has 0 radical (unpaired) electrons. The lowest BCUT2D eigenvalue weighted by atomic mass is 10.1. The summed E-state index contributed by atoms with van der Waals surface area (Å²) in [5, 5.41) is 9.81. The van der Waals surface area contributed by atoms with Gasteiger partial charge < -0.3 is 14.7 Å². The fourth-order valence-corrected chi connectivity index (χ4v) is 1.89. The second-order valence-electron chi connectivity index (χ2n) is 4.23. The Bertz CT molecular complexity index is 341. The van der Waals surface area contributed by atoms with Crippen LogP contribution in [0.15, 0.2) is 24.3 Å². The minimum Gasteiger partial charge on any atom is -0.488 e. The highest BCUT2D eigenvalue weighted by atomic mass is 19.1. The molecule has 2 rings (SSSR count). The third kappa shape index (κ3) is 2.71. The van der Waals surface area contributed by atoms with Gasteiger partial charge in [-0.05, 0) is 37.7 Å². The van der Waals surface area contributed by atoms with Crippen LogP contribution in [0.4, 0.5) is 4.39 Å². The number of hydrogen-bond donors (Lipinski definition) is 1. The molecule has 0 amide bonds. The number of β-amino-alcohol motifs (C(OH)–C–C–N with tert-alkyl or cyclic N) is 1. The molecule has 4 heteroatoms. The zero-order chi connectivity index (χ0) is 11.5. The average molecular weight is 225 g/mol. The molecule has 1 aromatic carbocycles. The highest BCUT2D eigenvalue weighted by Crippen LogP contribution is 2.19. The van der Waals surface area contributed by atoms with Gasteiger partial charge in [-0.15, -0.1) is 0 Å². The lowest BCUT2D eigenvalue weighted by Crippen LogP contribution is -2.47. The van der Waals surface area contributed by atoms with Crippen LogP contribution in [0.3, 0.4) is 0 Å². The summed E-state index contributed by atoms with van der Waals surface area (Å²) in [6, 6.07) is 5.88. The quantitative estimate of drug-likeness (QED) is 0.822. The predicted molar refractivity (Wildman–Crippen MR) is 58.9 cm³/mol. The molecule has 1 N–H and O–H groups in total. The second kappa shape index (κ2) is 4.80. The minimum atomic E-state index is -0.483. The SMILES string of the molecule is CN1CC[C@@H](Oc2ccc(F)cc2)[C@H](O)C1. The molecule has 1 aromatic rings. The van der Waals surface area contributed by atoms with Crippen LogP contribution >= 0.6 is 0 Å². The third-order valence-corrected chi connectivity index (χ3v) is 2.82. The zero-order valence-corrected chi connectivity index (χ0v) is 9.27. The van der Waals surface area contributed by atoms with E-state index in [1.165, 1.54) is 12.1 Å². The van der Waals surface area contributed by atoms with Crippen molar-refractivity contribution in [2.75, 3.05) is 20.1 Å². The lowest BCUT2D eigenvalue weighted by Gasteiger charge is -2.33. The van der Waals surface area contributed by atoms with E-state index in [0.29, 0.717) is 12.3 Å². The molecule has 88 valence electrons. The highest BCUT2D eigenvalue weighted by Gasteiger charge is 2.27. The van der Waals surface area contributed by atoms with Crippen molar-refractivity contribution in [3.63, 3.8) is 0 Å². The van der Waals surface area contributed by atoms with Crippen LogP contribution in [0.25, 0.3) is 0 Å². The molecule has 1 saturated heterocycles. The van der Waals surface area contributed by atoms with Crippen molar-refractivity contribution in [2.45, 2.75) is 18.6 Å². The molecule has 0 spiro atoms. The number of ether oxygens (including phenoxy) is 1. The number of benzene rings is 1. The third-order valence-electron chi connectivity index (χ3n) is 2.82. The highest BCUT2D eigenvalue weighted by molar-refractivity contribution is 5.22. The van der Waals surface area contributed by atoms with Gasteiger partial charge in [0.15, 0.2) is 0 Å². The Kier molecular flexibility index (Phi) is 3.41. The number of piperidine rings is 1. The summed E-state index contributed by atoms with van der Waals surface area (Å²) in [4.78, 5) is 2.06. The number of likely N-dealkylation sites (N-methyl/N-ethyl adjacent to an activating group) is 1. The van der Waals surface area contributed by atoms with E-state index in [0.717, 1.165) is 13.0 Å². The Morgan fingerprint density at radius 2 is 2.06 bits per heavy atom. The van der Waals surface area contributed by atoms with Crippen LogP contribution in [0.2, 0.25) is 0 Å². The van der Waals surface area contributed by atoms with E-state index in [1.807, 2.05) is 7.05 Å². The van der Waals surface area contributed by atoms with Gasteiger partial charge in [-0.2, -0.15) is 0 Å². The minimum absolute atomic E-state index is 0.193. The molecule has 1 aliphatic rings. The number of nitrogens with zero attached hydrogens (tertiary/aromatic N) is 1. The molecule has 0 saturated carbocycles. The summed E-state index contributed by atoms with van der Waals surface area (Å²) < 4.78 is 18.3. The van der Waals surface area contributed by atoms with Crippen LogP contribution in [0.1, 0.15) is 6.42 Å². The Hall–Kier alpha value is -1.13. The molecule has 1 fully saturated rings. The van der Waals surface area contributed by atoms with Crippen molar-refractivity contribution >= 4 is 0 Å². The summed E-state index contributed by atoms with van der Waals surface area (Å²) in [5.74, 6) is 0.325. The Labute approximate surface area is 94.4 Å². The van der Waals surface area contributed by atoms with Gasteiger partial charge in [0.25, 0.3) is 0 Å². The second-order valence-corrected chi connectivity index (χ2v) is 4.23. The Morgan fingerprint density at radius 1 is 1.38 bits per heavy atom. The van der Waals surface area contributed by atoms with E-state index in [4.69, 9.17) is 4.74 Å². The van der Waals surface area contributed by atoms with Crippen LogP contribution in [-0.4, -0.2) is 42.4 Å². The molecule has 2 atom stereocenters. The molecular weight excluding hydrogens is 209 g/mol. The van der Waals surface area contributed by atoms with E-state index in [1.54, 1.807) is 12.1 Å². The van der Waals surface area contributed by atoms with E-state index < -0.39 is 6.10 Å². The fraction of sp³-hybridized carbons (Fsp3) is 0.500. The standard InChI is InChI=1S/C12H16FNO2/c1-14-7-6-12(11(15)8-14)16-10-4-2-9(13)3-5-10/h2-5,11-12,15H,6-8H2,1H3/t11-,12-/m1/s1. The van der Waals surface area contributed by atoms with Gasteiger partial charge >= 0.3 is 0 Å². The number of likely N-dealkylation sites (tertiary alicyclic amines) is 1.